The normalized spacial score (nSPS) is 12.7. The second-order valence-corrected chi connectivity index (χ2v) is 6.16. The van der Waals surface area contributed by atoms with Gasteiger partial charge in [0.2, 0.25) is 10.0 Å². The molecule has 1 aromatic rings. The van der Waals surface area contributed by atoms with E-state index < -0.39 is 20.2 Å². The van der Waals surface area contributed by atoms with E-state index in [0.717, 1.165) is 0 Å². The van der Waals surface area contributed by atoms with E-state index in [9.17, 15) is 18.5 Å². The third-order valence-electron chi connectivity index (χ3n) is 2.97. The van der Waals surface area contributed by atoms with Crippen molar-refractivity contribution in [2.75, 3.05) is 0 Å². The van der Waals surface area contributed by atoms with E-state index in [1.165, 1.54) is 12.1 Å². The maximum atomic E-state index is 11.8. The standard InChI is InChI=1S/C12H15N3O4S/c1-3-11(7-13)20(18,19)14-8-10-5-4-6-12(9(10)2)15(16)17/h4-6,11,14H,3,8H2,1-2H3. The highest BCUT2D eigenvalue weighted by atomic mass is 32.2. The van der Waals surface area contributed by atoms with Crippen LogP contribution in [-0.2, 0) is 16.6 Å². The summed E-state index contributed by atoms with van der Waals surface area (Å²) in [7, 11) is -3.75. The van der Waals surface area contributed by atoms with E-state index in [0.29, 0.717) is 11.1 Å². The SMILES string of the molecule is CCC(C#N)S(=O)(=O)NCc1cccc([N+](=O)[O-])c1C. The molecule has 0 saturated carbocycles. The number of benzene rings is 1. The molecule has 0 bridgehead atoms. The monoisotopic (exact) mass is 297 g/mol. The summed E-state index contributed by atoms with van der Waals surface area (Å²) in [4.78, 5) is 10.3. The summed E-state index contributed by atoms with van der Waals surface area (Å²) in [6, 6.07) is 6.18. The van der Waals surface area contributed by atoms with Crippen LogP contribution in [0, 0.1) is 28.4 Å². The van der Waals surface area contributed by atoms with Gasteiger partial charge in [0.25, 0.3) is 5.69 Å². The Kier molecular flexibility index (Phi) is 5.19. The van der Waals surface area contributed by atoms with E-state index in [-0.39, 0.29) is 18.7 Å². The van der Waals surface area contributed by atoms with Crippen LogP contribution in [0.5, 0.6) is 0 Å². The predicted molar refractivity (Wildman–Crippen MR) is 73.3 cm³/mol. The number of nitrogens with one attached hydrogen (secondary N) is 1. The van der Waals surface area contributed by atoms with Crippen LogP contribution in [0.4, 0.5) is 5.69 Å². The number of nitro groups is 1. The van der Waals surface area contributed by atoms with Crippen molar-refractivity contribution in [1.29, 1.82) is 5.26 Å². The van der Waals surface area contributed by atoms with Gasteiger partial charge in [-0.3, -0.25) is 10.1 Å². The van der Waals surface area contributed by atoms with Gasteiger partial charge in [-0.15, -0.1) is 0 Å². The minimum Gasteiger partial charge on any atom is -0.258 e. The lowest BCUT2D eigenvalue weighted by atomic mass is 10.1. The quantitative estimate of drug-likeness (QED) is 0.633. The van der Waals surface area contributed by atoms with Gasteiger partial charge in [0, 0.05) is 18.2 Å². The van der Waals surface area contributed by atoms with Gasteiger partial charge in [-0.25, -0.2) is 13.1 Å². The summed E-state index contributed by atoms with van der Waals surface area (Å²) in [5, 5.41) is 18.4. The molecule has 1 N–H and O–H groups in total. The molecule has 0 aliphatic carbocycles. The van der Waals surface area contributed by atoms with Gasteiger partial charge in [0.1, 0.15) is 0 Å². The molecule has 0 aliphatic heterocycles. The Morgan fingerprint density at radius 2 is 2.15 bits per heavy atom. The fourth-order valence-electron chi connectivity index (χ4n) is 1.72. The maximum Gasteiger partial charge on any atom is 0.272 e. The summed E-state index contributed by atoms with van der Waals surface area (Å²) in [6.45, 7) is 3.09. The third-order valence-corrected chi connectivity index (χ3v) is 4.70. The van der Waals surface area contributed by atoms with Crippen molar-refractivity contribution in [2.45, 2.75) is 32.1 Å². The molecule has 0 saturated heterocycles. The van der Waals surface area contributed by atoms with Gasteiger partial charge in [-0.1, -0.05) is 19.1 Å². The fraction of sp³-hybridized carbons (Fsp3) is 0.417. The molecule has 0 radical (unpaired) electrons. The van der Waals surface area contributed by atoms with Crippen molar-refractivity contribution in [3.05, 3.63) is 39.4 Å². The largest absolute Gasteiger partial charge is 0.272 e. The minimum absolute atomic E-state index is 0.0611. The smallest absolute Gasteiger partial charge is 0.258 e. The molecule has 8 heteroatoms. The first-order chi connectivity index (χ1) is 9.33. The molecule has 1 aromatic carbocycles. The van der Waals surface area contributed by atoms with Gasteiger partial charge in [0.05, 0.1) is 11.0 Å². The van der Waals surface area contributed by atoms with Gasteiger partial charge in [-0.2, -0.15) is 5.26 Å². The van der Waals surface area contributed by atoms with E-state index in [1.54, 1.807) is 26.0 Å². The van der Waals surface area contributed by atoms with Gasteiger partial charge in [-0.05, 0) is 18.9 Å². The number of hydrogen-bond donors (Lipinski definition) is 1. The molecule has 0 aliphatic rings. The lowest BCUT2D eigenvalue weighted by molar-refractivity contribution is -0.385. The van der Waals surface area contributed by atoms with E-state index in [4.69, 9.17) is 5.26 Å². The van der Waals surface area contributed by atoms with Crippen LogP contribution in [0.25, 0.3) is 0 Å². The van der Waals surface area contributed by atoms with Crippen LogP contribution in [0.2, 0.25) is 0 Å². The third kappa shape index (κ3) is 3.53. The topological polar surface area (TPSA) is 113 Å². The fourth-order valence-corrected chi connectivity index (χ4v) is 2.85. The van der Waals surface area contributed by atoms with Crippen LogP contribution in [0.15, 0.2) is 18.2 Å². The highest BCUT2D eigenvalue weighted by Crippen LogP contribution is 2.21. The van der Waals surface area contributed by atoms with Crippen molar-refractivity contribution in [1.82, 2.24) is 4.72 Å². The molecular formula is C12H15N3O4S. The first-order valence-corrected chi connectivity index (χ1v) is 7.49. The number of nitriles is 1. The summed E-state index contributed by atoms with van der Waals surface area (Å²) in [5.41, 5.74) is 0.856. The maximum absolute atomic E-state index is 11.8. The molecular weight excluding hydrogens is 282 g/mol. The lowest BCUT2D eigenvalue weighted by Crippen LogP contribution is -2.32. The molecule has 7 nitrogen and oxygen atoms in total. The molecule has 108 valence electrons. The molecule has 1 rings (SSSR count). The zero-order chi connectivity index (χ0) is 15.3. The molecule has 0 amide bonds. The summed E-state index contributed by atoms with van der Waals surface area (Å²) in [6.07, 6.45) is 0.180. The molecule has 20 heavy (non-hydrogen) atoms. The number of nitrogens with zero attached hydrogens (tertiary/aromatic N) is 2. The average molecular weight is 297 g/mol. The van der Waals surface area contributed by atoms with Crippen molar-refractivity contribution in [3.8, 4) is 6.07 Å². The Labute approximate surface area is 117 Å². The van der Waals surface area contributed by atoms with E-state index in [1.807, 2.05) is 0 Å². The zero-order valence-electron chi connectivity index (χ0n) is 11.2. The molecule has 0 spiro atoms. The predicted octanol–water partition coefficient (Wildman–Crippen LogP) is 1.62. The second-order valence-electron chi connectivity index (χ2n) is 4.21. The van der Waals surface area contributed by atoms with Crippen LogP contribution in [0.3, 0.4) is 0 Å². The van der Waals surface area contributed by atoms with Crippen LogP contribution in [-0.4, -0.2) is 18.6 Å². The van der Waals surface area contributed by atoms with Crippen molar-refractivity contribution >= 4 is 15.7 Å². The van der Waals surface area contributed by atoms with Crippen molar-refractivity contribution < 1.29 is 13.3 Å². The van der Waals surface area contributed by atoms with Gasteiger partial charge >= 0.3 is 0 Å². The van der Waals surface area contributed by atoms with E-state index >= 15 is 0 Å². The average Bonchev–Trinajstić information content (AvgIpc) is 2.38. The Morgan fingerprint density at radius 1 is 1.50 bits per heavy atom. The lowest BCUT2D eigenvalue weighted by Gasteiger charge is -2.11. The summed E-state index contributed by atoms with van der Waals surface area (Å²) in [5.74, 6) is 0. The van der Waals surface area contributed by atoms with Crippen molar-refractivity contribution in [3.63, 3.8) is 0 Å². The molecule has 0 aromatic heterocycles. The number of nitro benzene ring substituents is 1. The first kappa shape index (κ1) is 16.1. The van der Waals surface area contributed by atoms with Crippen LogP contribution in [0.1, 0.15) is 24.5 Å². The molecule has 1 atom stereocenters. The number of hydrogen-bond acceptors (Lipinski definition) is 5. The molecule has 0 heterocycles. The van der Waals surface area contributed by atoms with E-state index in [2.05, 4.69) is 4.72 Å². The minimum atomic E-state index is -3.75. The van der Waals surface area contributed by atoms with Gasteiger partial charge in [0.15, 0.2) is 5.25 Å². The first-order valence-electron chi connectivity index (χ1n) is 5.94. The Hall–Kier alpha value is -1.98. The number of rotatable bonds is 6. The van der Waals surface area contributed by atoms with Crippen molar-refractivity contribution in [2.24, 2.45) is 0 Å². The highest BCUT2D eigenvalue weighted by Gasteiger charge is 2.23. The van der Waals surface area contributed by atoms with Gasteiger partial charge < -0.3 is 0 Å². The highest BCUT2D eigenvalue weighted by molar-refractivity contribution is 7.90. The second kappa shape index (κ2) is 6.45. The van der Waals surface area contributed by atoms with Crippen LogP contribution >= 0.6 is 0 Å². The number of sulfonamides is 1. The summed E-state index contributed by atoms with van der Waals surface area (Å²) >= 11 is 0. The molecule has 0 fully saturated rings. The Morgan fingerprint density at radius 3 is 2.65 bits per heavy atom. The molecule has 1 unspecified atom stereocenters. The Bertz CT molecular complexity index is 649. The zero-order valence-corrected chi connectivity index (χ0v) is 12.0. The Balaban J connectivity index is 2.95. The summed E-state index contributed by atoms with van der Waals surface area (Å²) < 4.78 is 26.0. The van der Waals surface area contributed by atoms with Crippen LogP contribution < -0.4 is 4.72 Å².